The maximum atomic E-state index is 10.6. The zero-order valence-corrected chi connectivity index (χ0v) is 15.2. The number of aliphatic hydroxyl groups is 1. The number of methoxy groups -OCH3 is 2. The van der Waals surface area contributed by atoms with Crippen molar-refractivity contribution in [3.63, 3.8) is 0 Å². The number of halogens is 2. The molecule has 1 atom stereocenters. The van der Waals surface area contributed by atoms with Crippen LogP contribution < -0.4 is 9.47 Å². The minimum Gasteiger partial charge on any atom is -0.493 e. The van der Waals surface area contributed by atoms with Gasteiger partial charge in [-0.25, -0.2) is 0 Å². The Hall–Kier alpha value is -0.560. The average Bonchev–Trinajstić information content (AvgIpc) is 2.77. The van der Waals surface area contributed by atoms with Gasteiger partial charge in [-0.3, -0.25) is 0 Å². The molecular weight excluding hydrogens is 408 g/mol. The lowest BCUT2D eigenvalue weighted by Gasteiger charge is -2.15. The second-order valence-corrected chi connectivity index (χ2v) is 7.49. The van der Waals surface area contributed by atoms with E-state index in [1.54, 1.807) is 26.4 Å². The van der Waals surface area contributed by atoms with Gasteiger partial charge >= 0.3 is 0 Å². The molecule has 2 aromatic rings. The van der Waals surface area contributed by atoms with Gasteiger partial charge in [0, 0.05) is 14.9 Å². The van der Waals surface area contributed by atoms with Gasteiger partial charge < -0.3 is 14.6 Å². The molecule has 2 rings (SSSR count). The quantitative estimate of drug-likeness (QED) is 0.778. The van der Waals surface area contributed by atoms with Gasteiger partial charge in [0.15, 0.2) is 11.5 Å². The van der Waals surface area contributed by atoms with Crippen LogP contribution in [0.5, 0.6) is 11.5 Å². The molecular formula is C14H14Br2O3S. The predicted octanol–water partition coefficient (Wildman–Crippen LogP) is 4.68. The number of hydrogen-bond donors (Lipinski definition) is 1. The molecule has 0 aliphatic heterocycles. The fourth-order valence-electron chi connectivity index (χ4n) is 1.85. The van der Waals surface area contributed by atoms with E-state index in [0.29, 0.717) is 11.5 Å². The fourth-order valence-corrected chi connectivity index (χ4v) is 3.97. The van der Waals surface area contributed by atoms with Crippen LogP contribution in [-0.2, 0) is 0 Å². The molecule has 1 unspecified atom stereocenters. The molecule has 1 heterocycles. The van der Waals surface area contributed by atoms with Crippen LogP contribution in [-0.4, -0.2) is 19.3 Å². The van der Waals surface area contributed by atoms with Crippen LogP contribution in [0, 0.1) is 6.92 Å². The molecule has 0 spiro atoms. The second-order valence-electron chi connectivity index (χ2n) is 4.24. The summed E-state index contributed by atoms with van der Waals surface area (Å²) in [6.45, 7) is 2.00. The maximum Gasteiger partial charge on any atom is 0.161 e. The summed E-state index contributed by atoms with van der Waals surface area (Å²) in [5, 5.41) is 10.6. The third-order valence-corrected chi connectivity index (χ3v) is 5.82. The number of ether oxygens (including phenoxy) is 2. The Morgan fingerprint density at radius 2 is 1.70 bits per heavy atom. The third-order valence-electron chi connectivity index (χ3n) is 2.94. The Labute approximate surface area is 138 Å². The van der Waals surface area contributed by atoms with Crippen LogP contribution in [0.1, 0.15) is 22.1 Å². The molecule has 3 nitrogen and oxygen atoms in total. The van der Waals surface area contributed by atoms with E-state index >= 15 is 0 Å². The number of aryl methyl sites for hydroxylation is 1. The number of aliphatic hydroxyl groups excluding tert-OH is 1. The summed E-state index contributed by atoms with van der Waals surface area (Å²) in [4.78, 5) is 0.877. The standard InChI is InChI=1S/C14H14Br2O3S/c1-7-4-12(20-14(7)16)13(17)8-5-10(18-2)11(19-3)6-9(8)15/h4-6,13,17H,1-3H3. The molecule has 0 radical (unpaired) electrons. The van der Waals surface area contributed by atoms with Crippen LogP contribution in [0.3, 0.4) is 0 Å². The summed E-state index contributed by atoms with van der Waals surface area (Å²) in [5.41, 5.74) is 1.86. The first-order valence-corrected chi connectivity index (χ1v) is 8.23. The van der Waals surface area contributed by atoms with E-state index in [9.17, 15) is 5.11 Å². The van der Waals surface area contributed by atoms with Crippen molar-refractivity contribution in [1.29, 1.82) is 0 Å². The van der Waals surface area contributed by atoms with Gasteiger partial charge in [-0.2, -0.15) is 0 Å². The van der Waals surface area contributed by atoms with Crippen LogP contribution in [0.15, 0.2) is 26.5 Å². The topological polar surface area (TPSA) is 38.7 Å². The predicted molar refractivity (Wildman–Crippen MR) is 88.1 cm³/mol. The van der Waals surface area contributed by atoms with Gasteiger partial charge in [-0.1, -0.05) is 15.9 Å². The summed E-state index contributed by atoms with van der Waals surface area (Å²) in [6.07, 6.45) is -0.709. The molecule has 0 bridgehead atoms. The highest BCUT2D eigenvalue weighted by atomic mass is 79.9. The molecule has 108 valence electrons. The van der Waals surface area contributed by atoms with E-state index in [1.165, 1.54) is 11.3 Å². The van der Waals surface area contributed by atoms with Crippen LogP contribution in [0.2, 0.25) is 0 Å². The molecule has 0 saturated heterocycles. The van der Waals surface area contributed by atoms with Crippen molar-refractivity contribution in [2.24, 2.45) is 0 Å². The lowest BCUT2D eigenvalue weighted by molar-refractivity contribution is 0.222. The number of hydrogen-bond acceptors (Lipinski definition) is 4. The lowest BCUT2D eigenvalue weighted by Crippen LogP contribution is -2.00. The Morgan fingerprint density at radius 1 is 1.10 bits per heavy atom. The van der Waals surface area contributed by atoms with Crippen molar-refractivity contribution in [1.82, 2.24) is 0 Å². The van der Waals surface area contributed by atoms with E-state index < -0.39 is 6.10 Å². The van der Waals surface area contributed by atoms with E-state index in [-0.39, 0.29) is 0 Å². The van der Waals surface area contributed by atoms with Gasteiger partial charge in [0.2, 0.25) is 0 Å². The molecule has 20 heavy (non-hydrogen) atoms. The smallest absolute Gasteiger partial charge is 0.161 e. The fraction of sp³-hybridized carbons (Fsp3) is 0.286. The lowest BCUT2D eigenvalue weighted by atomic mass is 10.1. The molecule has 0 amide bonds. The second kappa shape index (κ2) is 6.47. The highest BCUT2D eigenvalue weighted by Gasteiger charge is 2.20. The SMILES string of the molecule is COc1cc(Br)c(C(O)c2cc(C)c(Br)s2)cc1OC. The van der Waals surface area contributed by atoms with Crippen molar-refractivity contribution in [2.45, 2.75) is 13.0 Å². The Balaban J connectivity index is 2.46. The number of rotatable bonds is 4. The van der Waals surface area contributed by atoms with E-state index in [0.717, 1.165) is 24.3 Å². The molecule has 1 N–H and O–H groups in total. The van der Waals surface area contributed by atoms with Crippen molar-refractivity contribution in [3.8, 4) is 11.5 Å². The first kappa shape index (κ1) is 15.8. The van der Waals surface area contributed by atoms with Crippen molar-refractivity contribution in [2.75, 3.05) is 14.2 Å². The zero-order valence-electron chi connectivity index (χ0n) is 11.2. The number of thiophene rings is 1. The Bertz CT molecular complexity index is 606. The normalized spacial score (nSPS) is 12.3. The monoisotopic (exact) mass is 420 g/mol. The molecule has 0 saturated carbocycles. The number of benzene rings is 1. The highest BCUT2D eigenvalue weighted by molar-refractivity contribution is 9.11. The third kappa shape index (κ3) is 3.03. The average molecular weight is 422 g/mol. The Kier molecular flexibility index (Phi) is 5.12. The zero-order chi connectivity index (χ0) is 14.9. The van der Waals surface area contributed by atoms with Crippen molar-refractivity contribution >= 4 is 43.2 Å². The summed E-state index contributed by atoms with van der Waals surface area (Å²) >= 11 is 8.47. The maximum absolute atomic E-state index is 10.6. The summed E-state index contributed by atoms with van der Waals surface area (Å²) in [5.74, 6) is 1.22. The van der Waals surface area contributed by atoms with Crippen molar-refractivity contribution < 1.29 is 14.6 Å². The molecule has 0 aliphatic rings. The van der Waals surface area contributed by atoms with Gasteiger partial charge in [-0.15, -0.1) is 11.3 Å². The van der Waals surface area contributed by atoms with E-state index in [1.807, 2.05) is 13.0 Å². The molecule has 1 aromatic heterocycles. The summed E-state index contributed by atoms with van der Waals surface area (Å²) in [6, 6.07) is 5.56. The van der Waals surface area contributed by atoms with E-state index in [2.05, 4.69) is 31.9 Å². The minimum absolute atomic E-state index is 0.595. The van der Waals surface area contributed by atoms with Crippen LogP contribution in [0.25, 0.3) is 0 Å². The first-order chi connectivity index (χ1) is 9.47. The highest BCUT2D eigenvalue weighted by Crippen LogP contribution is 2.40. The molecule has 6 heteroatoms. The van der Waals surface area contributed by atoms with Crippen LogP contribution in [0.4, 0.5) is 0 Å². The first-order valence-electron chi connectivity index (χ1n) is 5.83. The van der Waals surface area contributed by atoms with Gasteiger partial charge in [-0.05, 0) is 46.6 Å². The van der Waals surface area contributed by atoms with Gasteiger partial charge in [0.1, 0.15) is 6.10 Å². The van der Waals surface area contributed by atoms with Gasteiger partial charge in [0.25, 0.3) is 0 Å². The molecule has 0 aliphatic carbocycles. The van der Waals surface area contributed by atoms with E-state index in [4.69, 9.17) is 9.47 Å². The van der Waals surface area contributed by atoms with Crippen LogP contribution >= 0.6 is 43.2 Å². The molecule has 1 aromatic carbocycles. The Morgan fingerprint density at radius 3 is 2.20 bits per heavy atom. The molecule has 0 fully saturated rings. The summed E-state index contributed by atoms with van der Waals surface area (Å²) < 4.78 is 12.3. The van der Waals surface area contributed by atoms with Crippen molar-refractivity contribution in [3.05, 3.63) is 42.5 Å². The summed E-state index contributed by atoms with van der Waals surface area (Å²) in [7, 11) is 3.16. The van der Waals surface area contributed by atoms with Gasteiger partial charge in [0.05, 0.1) is 18.0 Å². The minimum atomic E-state index is -0.709. The largest absolute Gasteiger partial charge is 0.493 e.